The third-order valence-electron chi connectivity index (χ3n) is 2.45. The second kappa shape index (κ2) is 8.14. The fourth-order valence-corrected chi connectivity index (χ4v) is 2.22. The van der Waals surface area contributed by atoms with Crippen LogP contribution >= 0.6 is 22.6 Å². The van der Waals surface area contributed by atoms with Crippen molar-refractivity contribution in [2.45, 2.75) is 26.7 Å². The van der Waals surface area contributed by atoms with Crippen LogP contribution in [0.25, 0.3) is 0 Å². The SMILES string of the molecule is CCOC(=O)Cc1ccc(I)cc1CC(=O)OCC. The highest BCUT2D eigenvalue weighted by Crippen LogP contribution is 2.16. The molecule has 0 aliphatic heterocycles. The zero-order valence-electron chi connectivity index (χ0n) is 11.1. The largest absolute Gasteiger partial charge is 0.466 e. The number of halogens is 1. The molecule has 0 atom stereocenters. The molecule has 0 spiro atoms. The van der Waals surface area contributed by atoms with Gasteiger partial charge in [-0.1, -0.05) is 6.07 Å². The summed E-state index contributed by atoms with van der Waals surface area (Å²) in [5, 5.41) is 0. The van der Waals surface area contributed by atoms with Gasteiger partial charge in [-0.3, -0.25) is 9.59 Å². The molecule has 0 aromatic heterocycles. The number of carbonyl (C=O) groups is 2. The maximum absolute atomic E-state index is 11.5. The molecule has 1 aromatic carbocycles. The number of hydrogen-bond acceptors (Lipinski definition) is 4. The summed E-state index contributed by atoms with van der Waals surface area (Å²) in [5.74, 6) is -0.566. The normalized spacial score (nSPS) is 10.1. The summed E-state index contributed by atoms with van der Waals surface area (Å²) in [5.41, 5.74) is 1.63. The number of hydrogen-bond donors (Lipinski definition) is 0. The average molecular weight is 376 g/mol. The summed E-state index contributed by atoms with van der Waals surface area (Å²) in [7, 11) is 0. The van der Waals surface area contributed by atoms with Crippen LogP contribution in [0, 0.1) is 3.57 Å². The third-order valence-corrected chi connectivity index (χ3v) is 3.12. The van der Waals surface area contributed by atoms with Crippen LogP contribution in [0.5, 0.6) is 0 Å². The molecular weight excluding hydrogens is 359 g/mol. The van der Waals surface area contributed by atoms with Crippen molar-refractivity contribution in [3.63, 3.8) is 0 Å². The van der Waals surface area contributed by atoms with Gasteiger partial charge >= 0.3 is 11.9 Å². The van der Waals surface area contributed by atoms with Crippen LogP contribution in [0.3, 0.4) is 0 Å². The number of benzene rings is 1. The molecular formula is C14H17IO4. The topological polar surface area (TPSA) is 52.6 Å². The van der Waals surface area contributed by atoms with Gasteiger partial charge in [0.2, 0.25) is 0 Å². The first kappa shape index (κ1) is 15.9. The van der Waals surface area contributed by atoms with Gasteiger partial charge in [0, 0.05) is 3.57 Å². The van der Waals surface area contributed by atoms with Crippen molar-refractivity contribution >= 4 is 34.5 Å². The predicted molar refractivity (Wildman–Crippen MR) is 79.8 cm³/mol. The molecule has 0 saturated carbocycles. The van der Waals surface area contributed by atoms with Crippen molar-refractivity contribution in [2.24, 2.45) is 0 Å². The van der Waals surface area contributed by atoms with Crippen molar-refractivity contribution in [1.29, 1.82) is 0 Å². The first-order valence-corrected chi connectivity index (χ1v) is 7.23. The first-order valence-electron chi connectivity index (χ1n) is 6.15. The molecule has 0 aliphatic rings. The Morgan fingerprint density at radius 1 is 1.00 bits per heavy atom. The lowest BCUT2D eigenvalue weighted by Crippen LogP contribution is -2.13. The molecule has 0 aliphatic carbocycles. The van der Waals surface area contributed by atoms with Crippen LogP contribution in [-0.2, 0) is 31.9 Å². The standard InChI is InChI=1S/C14H17IO4/c1-3-18-13(16)8-10-5-6-12(15)7-11(10)9-14(17)19-4-2/h5-7H,3-4,8-9H2,1-2H3. The fraction of sp³-hybridized carbons (Fsp3) is 0.429. The van der Waals surface area contributed by atoms with Gasteiger partial charge in [-0.25, -0.2) is 0 Å². The van der Waals surface area contributed by atoms with E-state index in [-0.39, 0.29) is 24.8 Å². The summed E-state index contributed by atoms with van der Waals surface area (Å²) in [6.07, 6.45) is 0.360. The molecule has 1 aromatic rings. The van der Waals surface area contributed by atoms with E-state index in [1.165, 1.54) is 0 Å². The molecule has 0 heterocycles. The van der Waals surface area contributed by atoms with Gasteiger partial charge in [0.1, 0.15) is 0 Å². The van der Waals surface area contributed by atoms with Crippen molar-refractivity contribution < 1.29 is 19.1 Å². The zero-order valence-corrected chi connectivity index (χ0v) is 13.2. The van der Waals surface area contributed by atoms with Gasteiger partial charge in [0.05, 0.1) is 26.1 Å². The maximum Gasteiger partial charge on any atom is 0.310 e. The van der Waals surface area contributed by atoms with Crippen molar-refractivity contribution in [1.82, 2.24) is 0 Å². The molecule has 0 amide bonds. The summed E-state index contributed by atoms with van der Waals surface area (Å²) in [6, 6.07) is 5.66. The van der Waals surface area contributed by atoms with Crippen LogP contribution in [0.1, 0.15) is 25.0 Å². The average Bonchev–Trinajstić information content (AvgIpc) is 2.33. The van der Waals surface area contributed by atoms with Crippen LogP contribution in [-0.4, -0.2) is 25.2 Å². The second-order valence-corrected chi connectivity index (χ2v) is 5.12. The van der Waals surface area contributed by atoms with Gasteiger partial charge in [-0.15, -0.1) is 0 Å². The van der Waals surface area contributed by atoms with Crippen LogP contribution in [0.4, 0.5) is 0 Å². The van der Waals surface area contributed by atoms with E-state index in [0.717, 1.165) is 14.7 Å². The number of esters is 2. The number of ether oxygens (including phenoxy) is 2. The lowest BCUT2D eigenvalue weighted by molar-refractivity contribution is -0.143. The molecule has 19 heavy (non-hydrogen) atoms. The van der Waals surface area contributed by atoms with Crippen LogP contribution in [0.15, 0.2) is 18.2 Å². The third kappa shape index (κ3) is 5.59. The van der Waals surface area contributed by atoms with Gasteiger partial charge in [0.25, 0.3) is 0 Å². The summed E-state index contributed by atoms with van der Waals surface area (Å²) in [6.45, 7) is 4.25. The molecule has 0 fully saturated rings. The molecule has 1 rings (SSSR count). The van der Waals surface area contributed by atoms with Gasteiger partial charge in [-0.2, -0.15) is 0 Å². The molecule has 0 bridgehead atoms. The van der Waals surface area contributed by atoms with E-state index in [0.29, 0.717) is 13.2 Å². The summed E-state index contributed by atoms with van der Waals surface area (Å²) in [4.78, 5) is 23.1. The minimum Gasteiger partial charge on any atom is -0.466 e. The zero-order chi connectivity index (χ0) is 14.3. The summed E-state index contributed by atoms with van der Waals surface area (Å²) >= 11 is 2.17. The quantitative estimate of drug-likeness (QED) is 0.566. The van der Waals surface area contributed by atoms with Gasteiger partial charge < -0.3 is 9.47 Å². The molecule has 5 heteroatoms. The number of rotatable bonds is 6. The van der Waals surface area contributed by atoms with E-state index >= 15 is 0 Å². The Morgan fingerprint density at radius 2 is 1.53 bits per heavy atom. The first-order chi connectivity index (χ1) is 9.06. The highest BCUT2D eigenvalue weighted by molar-refractivity contribution is 14.1. The monoisotopic (exact) mass is 376 g/mol. The minimum absolute atomic E-state index is 0.180. The Morgan fingerprint density at radius 3 is 2.05 bits per heavy atom. The van der Waals surface area contributed by atoms with E-state index in [9.17, 15) is 9.59 Å². The molecule has 0 radical (unpaired) electrons. The van der Waals surface area contributed by atoms with Crippen molar-refractivity contribution in [3.05, 3.63) is 32.9 Å². The van der Waals surface area contributed by atoms with E-state index < -0.39 is 0 Å². The lowest BCUT2D eigenvalue weighted by Gasteiger charge is -2.09. The Labute approximate surface area is 126 Å². The Balaban J connectivity index is 2.85. The molecule has 0 saturated heterocycles. The van der Waals surface area contributed by atoms with E-state index in [2.05, 4.69) is 22.6 Å². The van der Waals surface area contributed by atoms with E-state index in [4.69, 9.17) is 9.47 Å². The van der Waals surface area contributed by atoms with E-state index in [1.54, 1.807) is 13.8 Å². The van der Waals surface area contributed by atoms with Crippen LogP contribution in [0.2, 0.25) is 0 Å². The predicted octanol–water partition coefficient (Wildman–Crippen LogP) is 2.50. The minimum atomic E-state index is -0.284. The second-order valence-electron chi connectivity index (χ2n) is 3.88. The Kier molecular flexibility index (Phi) is 6.83. The highest BCUT2D eigenvalue weighted by Gasteiger charge is 2.13. The van der Waals surface area contributed by atoms with E-state index in [1.807, 2.05) is 18.2 Å². The number of carbonyl (C=O) groups excluding carboxylic acids is 2. The summed E-state index contributed by atoms with van der Waals surface area (Å²) < 4.78 is 10.9. The van der Waals surface area contributed by atoms with Gasteiger partial charge in [-0.05, 0) is 59.7 Å². The molecule has 104 valence electrons. The van der Waals surface area contributed by atoms with Gasteiger partial charge in [0.15, 0.2) is 0 Å². The molecule has 4 nitrogen and oxygen atoms in total. The Hall–Kier alpha value is -1.11. The van der Waals surface area contributed by atoms with Crippen molar-refractivity contribution in [3.8, 4) is 0 Å². The van der Waals surface area contributed by atoms with Crippen molar-refractivity contribution in [2.75, 3.05) is 13.2 Å². The lowest BCUT2D eigenvalue weighted by atomic mass is 10.0. The molecule has 0 N–H and O–H groups in total. The molecule has 0 unspecified atom stereocenters. The maximum atomic E-state index is 11.5. The highest BCUT2D eigenvalue weighted by atomic mass is 127. The Bertz CT molecular complexity index is 457. The van der Waals surface area contributed by atoms with Crippen LogP contribution < -0.4 is 0 Å². The fourth-order valence-electron chi connectivity index (χ4n) is 1.67. The smallest absolute Gasteiger partial charge is 0.310 e.